The van der Waals surface area contributed by atoms with Crippen LogP contribution in [-0.4, -0.2) is 35.1 Å². The Kier molecular flexibility index (Phi) is 3.74. The highest BCUT2D eigenvalue weighted by atomic mass is 32.1. The summed E-state index contributed by atoms with van der Waals surface area (Å²) < 4.78 is 17.6. The second kappa shape index (κ2) is 5.85. The van der Waals surface area contributed by atoms with Gasteiger partial charge >= 0.3 is 13.8 Å². The lowest BCUT2D eigenvalue weighted by Crippen LogP contribution is -2.00. The maximum absolute atomic E-state index is 12.8. The van der Waals surface area contributed by atoms with Gasteiger partial charge in [-0.1, -0.05) is 23.3 Å². The average Bonchev–Trinajstić information content (AvgIpc) is 3.31. The molecule has 1 aromatic carbocycles. The van der Waals surface area contributed by atoms with Crippen molar-refractivity contribution in [1.82, 2.24) is 19.5 Å². The fraction of sp³-hybridized carbons (Fsp3) is 0. The minimum atomic E-state index is -4.61. The van der Waals surface area contributed by atoms with Crippen molar-refractivity contribution in [3.8, 4) is 11.6 Å². The number of hydrogen-bond acceptors (Lipinski definition) is 8. The van der Waals surface area contributed by atoms with Crippen LogP contribution in [0.1, 0.15) is 15.4 Å². The summed E-state index contributed by atoms with van der Waals surface area (Å²) in [6.45, 7) is 0. The first-order chi connectivity index (χ1) is 12.3. The molecule has 0 saturated heterocycles. The molecule has 26 heavy (non-hydrogen) atoms. The normalized spacial score (nSPS) is 11.9. The molecule has 0 aliphatic heterocycles. The number of hydrogen-bond donors (Lipinski definition) is 3. The number of nitrogens with zero attached hydrogens (tertiary/aromatic N) is 4. The van der Waals surface area contributed by atoms with Gasteiger partial charge in [-0.25, -0.2) is 9.55 Å². The smallest absolute Gasteiger partial charge is 0.402 e. The molecule has 0 spiro atoms. The molecule has 0 atom stereocenters. The Morgan fingerprint density at radius 3 is 2.73 bits per heavy atom. The summed E-state index contributed by atoms with van der Waals surface area (Å²) in [4.78, 5) is 36.0. The number of aromatic nitrogens is 4. The summed E-state index contributed by atoms with van der Waals surface area (Å²) in [6, 6.07) is 6.33. The van der Waals surface area contributed by atoms with Gasteiger partial charge in [-0.2, -0.15) is 0 Å². The molecule has 4 aromatic rings. The Hall–Kier alpha value is -2.85. The number of para-hydroxylation sites is 1. The molecular weight excluding hydrogens is 381 g/mol. The Balaban J connectivity index is 1.80. The van der Waals surface area contributed by atoms with Gasteiger partial charge in [-0.3, -0.25) is 9.13 Å². The summed E-state index contributed by atoms with van der Waals surface area (Å²) >= 11 is 1.05. The van der Waals surface area contributed by atoms with E-state index >= 15 is 0 Å². The summed E-state index contributed by atoms with van der Waals surface area (Å²) in [5.74, 6) is -0.396. The van der Waals surface area contributed by atoms with E-state index in [9.17, 15) is 19.1 Å². The molecule has 132 valence electrons. The highest BCUT2D eigenvalue weighted by Gasteiger charge is 2.26. The SMILES string of the molecule is Nc1nnc(-c2csc(C(=O)c3cn(P(=O)(O)O)c4ccccc34)n2)o1. The first kappa shape index (κ1) is 16.6. The number of carbonyl (C=O) groups is 1. The third-order valence-corrected chi connectivity index (χ3v) is 5.31. The highest BCUT2D eigenvalue weighted by molar-refractivity contribution is 7.50. The van der Waals surface area contributed by atoms with Crippen LogP contribution in [0.3, 0.4) is 0 Å². The lowest BCUT2D eigenvalue weighted by atomic mass is 10.1. The third kappa shape index (κ3) is 2.72. The Bertz CT molecular complexity index is 1190. The van der Waals surface area contributed by atoms with Gasteiger partial charge in [0.2, 0.25) is 5.78 Å². The molecule has 10 nitrogen and oxygen atoms in total. The van der Waals surface area contributed by atoms with Crippen molar-refractivity contribution in [2.75, 3.05) is 5.73 Å². The molecule has 0 aliphatic carbocycles. The van der Waals surface area contributed by atoms with Crippen molar-refractivity contribution in [3.63, 3.8) is 0 Å². The highest BCUT2D eigenvalue weighted by Crippen LogP contribution is 2.42. The molecule has 12 heteroatoms. The molecule has 4 rings (SSSR count). The lowest BCUT2D eigenvalue weighted by Gasteiger charge is -2.05. The van der Waals surface area contributed by atoms with Crippen molar-refractivity contribution in [3.05, 3.63) is 46.4 Å². The van der Waals surface area contributed by atoms with E-state index in [1.165, 1.54) is 6.07 Å². The molecular formula is C14H10N5O5PS. The number of anilines is 1. The van der Waals surface area contributed by atoms with Crippen molar-refractivity contribution in [1.29, 1.82) is 0 Å². The van der Waals surface area contributed by atoms with Crippen LogP contribution in [0.4, 0.5) is 6.01 Å². The van der Waals surface area contributed by atoms with Gasteiger partial charge < -0.3 is 19.9 Å². The van der Waals surface area contributed by atoms with Crippen LogP contribution in [0.25, 0.3) is 22.5 Å². The first-order valence-electron chi connectivity index (χ1n) is 7.10. The van der Waals surface area contributed by atoms with E-state index in [-0.39, 0.29) is 28.0 Å². The number of nitrogen functional groups attached to an aromatic ring is 1. The van der Waals surface area contributed by atoms with Crippen LogP contribution in [0.2, 0.25) is 0 Å². The van der Waals surface area contributed by atoms with Crippen LogP contribution >= 0.6 is 19.1 Å². The van der Waals surface area contributed by atoms with Crippen molar-refractivity contribution >= 4 is 41.8 Å². The van der Waals surface area contributed by atoms with Crippen LogP contribution < -0.4 is 5.73 Å². The van der Waals surface area contributed by atoms with Crippen LogP contribution in [0.5, 0.6) is 0 Å². The van der Waals surface area contributed by atoms with Gasteiger partial charge in [0.1, 0.15) is 5.69 Å². The predicted molar refractivity (Wildman–Crippen MR) is 92.6 cm³/mol. The van der Waals surface area contributed by atoms with Gasteiger partial charge in [0.15, 0.2) is 5.01 Å². The largest absolute Gasteiger partial charge is 0.434 e. The van der Waals surface area contributed by atoms with Gasteiger partial charge in [0.05, 0.1) is 11.1 Å². The minimum Gasteiger partial charge on any atom is -0.402 e. The van der Waals surface area contributed by atoms with Crippen molar-refractivity contribution < 1.29 is 23.6 Å². The monoisotopic (exact) mass is 391 g/mol. The zero-order valence-corrected chi connectivity index (χ0v) is 14.5. The molecule has 0 aliphatic rings. The fourth-order valence-corrected chi connectivity index (χ4v) is 3.95. The van der Waals surface area contributed by atoms with E-state index in [0.29, 0.717) is 11.1 Å². The van der Waals surface area contributed by atoms with E-state index in [2.05, 4.69) is 15.2 Å². The maximum Gasteiger partial charge on any atom is 0.434 e. The Morgan fingerprint density at radius 1 is 1.27 bits per heavy atom. The average molecular weight is 391 g/mol. The van der Waals surface area contributed by atoms with E-state index in [1.807, 2.05) is 0 Å². The van der Waals surface area contributed by atoms with Gasteiger partial charge in [0.25, 0.3) is 5.89 Å². The number of nitrogens with two attached hydrogens (primary N) is 1. The zero-order valence-electron chi connectivity index (χ0n) is 12.8. The molecule has 0 amide bonds. The van der Waals surface area contributed by atoms with E-state index in [4.69, 9.17) is 10.2 Å². The second-order valence-electron chi connectivity index (χ2n) is 5.23. The first-order valence-corrected chi connectivity index (χ1v) is 9.55. The Labute approximate surface area is 149 Å². The molecule has 0 saturated carbocycles. The zero-order chi connectivity index (χ0) is 18.5. The third-order valence-electron chi connectivity index (χ3n) is 3.58. The number of carbonyl (C=O) groups excluding carboxylic acids is 1. The van der Waals surface area contributed by atoms with Gasteiger partial charge in [-0.15, -0.1) is 16.4 Å². The number of ketones is 1. The maximum atomic E-state index is 12.8. The molecule has 0 bridgehead atoms. The van der Waals surface area contributed by atoms with Crippen LogP contribution in [-0.2, 0) is 4.57 Å². The minimum absolute atomic E-state index is 0.0791. The fourth-order valence-electron chi connectivity index (χ4n) is 2.49. The predicted octanol–water partition coefficient (Wildman–Crippen LogP) is 1.90. The summed E-state index contributed by atoms with van der Waals surface area (Å²) in [5, 5.41) is 9.32. The second-order valence-corrected chi connectivity index (χ2v) is 7.55. The summed E-state index contributed by atoms with van der Waals surface area (Å²) in [5.41, 5.74) is 6.05. The topological polar surface area (TPSA) is 157 Å². The number of fused-ring (bicyclic) bond motifs is 1. The number of thiazole rings is 1. The van der Waals surface area contributed by atoms with Crippen LogP contribution in [0, 0.1) is 0 Å². The molecule has 3 heterocycles. The molecule has 0 fully saturated rings. The summed E-state index contributed by atoms with van der Waals surface area (Å²) in [6.07, 6.45) is 1.14. The summed E-state index contributed by atoms with van der Waals surface area (Å²) in [7, 11) is -4.61. The number of benzene rings is 1. The van der Waals surface area contributed by atoms with Crippen molar-refractivity contribution in [2.45, 2.75) is 0 Å². The standard InChI is InChI=1S/C14H10N5O5PS/c15-14-18-17-12(24-14)9-6-26-13(16-9)11(20)8-5-19(25(21,22)23)10-4-2-1-3-7(8)10/h1-6H,(H2,15,18)(H2,21,22,23). The van der Waals surface area contributed by atoms with E-state index < -0.39 is 13.5 Å². The Morgan fingerprint density at radius 2 is 2.04 bits per heavy atom. The molecule has 3 aromatic heterocycles. The number of rotatable bonds is 4. The van der Waals surface area contributed by atoms with Crippen molar-refractivity contribution in [2.24, 2.45) is 0 Å². The molecule has 0 radical (unpaired) electrons. The van der Waals surface area contributed by atoms with Gasteiger partial charge in [-0.05, 0) is 6.07 Å². The quantitative estimate of drug-likeness (QED) is 0.349. The lowest BCUT2D eigenvalue weighted by molar-refractivity contribution is 0.104. The molecule has 0 unspecified atom stereocenters. The van der Waals surface area contributed by atoms with Gasteiger partial charge in [0, 0.05) is 17.0 Å². The van der Waals surface area contributed by atoms with Crippen LogP contribution in [0.15, 0.2) is 40.3 Å². The van der Waals surface area contributed by atoms with E-state index in [0.717, 1.165) is 21.9 Å². The molecule has 4 N–H and O–H groups in total. The van der Waals surface area contributed by atoms with E-state index in [1.54, 1.807) is 23.6 Å².